The molecule has 1 amide bonds. The number of benzene rings is 2. The third-order valence-corrected chi connectivity index (χ3v) is 3.73. The van der Waals surface area contributed by atoms with E-state index in [9.17, 15) is 9.59 Å². The lowest BCUT2D eigenvalue weighted by Crippen LogP contribution is -2.37. The molecule has 1 atom stereocenters. The van der Waals surface area contributed by atoms with Gasteiger partial charge >= 0.3 is 5.97 Å². The lowest BCUT2D eigenvalue weighted by molar-refractivity contribution is -0.156. The van der Waals surface area contributed by atoms with E-state index in [1.807, 2.05) is 31.2 Å². The normalized spacial score (nSPS) is 11.8. The van der Waals surface area contributed by atoms with Crippen molar-refractivity contribution in [3.63, 3.8) is 0 Å². The summed E-state index contributed by atoms with van der Waals surface area (Å²) in [7, 11) is 0. The van der Waals surface area contributed by atoms with Crippen molar-refractivity contribution in [2.75, 3.05) is 13.2 Å². The van der Waals surface area contributed by atoms with Gasteiger partial charge < -0.3 is 14.8 Å². The van der Waals surface area contributed by atoms with E-state index in [1.54, 1.807) is 12.1 Å². The zero-order valence-corrected chi connectivity index (χ0v) is 14.4. The molecule has 0 radical (unpaired) electrons. The molecular formula is C18H20ClNO4. The summed E-state index contributed by atoms with van der Waals surface area (Å²) in [5.74, 6) is -0.384. The van der Waals surface area contributed by atoms with Gasteiger partial charge in [0.2, 0.25) is 0 Å². The van der Waals surface area contributed by atoms with Crippen LogP contribution >= 0.6 is 11.6 Å². The van der Waals surface area contributed by atoms with Crippen molar-refractivity contribution in [1.29, 1.82) is 0 Å². The predicted molar refractivity (Wildman–Crippen MR) is 93.3 cm³/mol. The quantitative estimate of drug-likeness (QED) is 0.779. The second-order valence-electron chi connectivity index (χ2n) is 5.30. The van der Waals surface area contributed by atoms with Gasteiger partial charge in [0.1, 0.15) is 5.75 Å². The summed E-state index contributed by atoms with van der Waals surface area (Å²) in [4.78, 5) is 23.5. The topological polar surface area (TPSA) is 64.6 Å². The van der Waals surface area contributed by atoms with Crippen LogP contribution in [0.1, 0.15) is 20.3 Å². The summed E-state index contributed by atoms with van der Waals surface area (Å²) < 4.78 is 10.6. The number of nitrogens with one attached hydrogen (secondary N) is 1. The van der Waals surface area contributed by atoms with E-state index < -0.39 is 12.1 Å². The molecule has 0 saturated carbocycles. The van der Waals surface area contributed by atoms with Crippen LogP contribution in [0.25, 0.3) is 10.8 Å². The molecule has 0 saturated heterocycles. The van der Waals surface area contributed by atoms with E-state index in [-0.39, 0.29) is 12.5 Å². The van der Waals surface area contributed by atoms with Gasteiger partial charge in [0, 0.05) is 22.3 Å². The van der Waals surface area contributed by atoms with Crippen molar-refractivity contribution in [2.45, 2.75) is 26.4 Å². The maximum Gasteiger partial charge on any atom is 0.344 e. The van der Waals surface area contributed by atoms with Crippen molar-refractivity contribution in [2.24, 2.45) is 0 Å². The Morgan fingerprint density at radius 3 is 2.58 bits per heavy atom. The largest absolute Gasteiger partial charge is 0.481 e. The summed E-state index contributed by atoms with van der Waals surface area (Å²) in [6.45, 7) is 3.74. The molecule has 0 bridgehead atoms. The standard InChI is InChI=1S/C18H20ClNO4/c1-3-10-20-18(22)12(2)24-17(21)11-23-16-9-8-15(19)13-6-4-5-7-14(13)16/h4-9,12H,3,10-11H2,1-2H3,(H,20,22)/t12-/m1/s1. The number of fused-ring (bicyclic) bond motifs is 1. The molecule has 2 aromatic rings. The van der Waals surface area contributed by atoms with Gasteiger partial charge in [-0.05, 0) is 25.5 Å². The number of amides is 1. The first-order chi connectivity index (χ1) is 11.5. The first-order valence-corrected chi connectivity index (χ1v) is 8.18. The number of hydrogen-bond acceptors (Lipinski definition) is 4. The molecule has 0 aliphatic rings. The molecule has 0 fully saturated rings. The molecule has 0 aliphatic heterocycles. The highest BCUT2D eigenvalue weighted by Crippen LogP contribution is 2.31. The van der Waals surface area contributed by atoms with Crippen LogP contribution in [-0.2, 0) is 14.3 Å². The van der Waals surface area contributed by atoms with Crippen LogP contribution in [0, 0.1) is 0 Å². The predicted octanol–water partition coefficient (Wildman–Crippen LogP) is 3.33. The molecule has 0 spiro atoms. The minimum atomic E-state index is -0.852. The van der Waals surface area contributed by atoms with Crippen LogP contribution in [0.4, 0.5) is 0 Å². The van der Waals surface area contributed by atoms with Crippen LogP contribution in [0.3, 0.4) is 0 Å². The number of ether oxygens (including phenoxy) is 2. The molecule has 5 nitrogen and oxygen atoms in total. The summed E-state index contributed by atoms with van der Waals surface area (Å²) in [6, 6.07) is 10.9. The molecule has 128 valence electrons. The number of carbonyl (C=O) groups excluding carboxylic acids is 2. The lowest BCUT2D eigenvalue weighted by Gasteiger charge is -2.14. The van der Waals surface area contributed by atoms with E-state index >= 15 is 0 Å². The average Bonchev–Trinajstić information content (AvgIpc) is 2.59. The maximum atomic E-state index is 11.9. The highest BCUT2D eigenvalue weighted by molar-refractivity contribution is 6.35. The van der Waals surface area contributed by atoms with Gasteiger partial charge in [-0.1, -0.05) is 42.8 Å². The summed E-state index contributed by atoms with van der Waals surface area (Å²) in [5.41, 5.74) is 0. The lowest BCUT2D eigenvalue weighted by atomic mass is 10.1. The summed E-state index contributed by atoms with van der Waals surface area (Å²) in [6.07, 6.45) is -0.0336. The highest BCUT2D eigenvalue weighted by Gasteiger charge is 2.17. The molecule has 2 rings (SSSR count). The van der Waals surface area contributed by atoms with Crippen LogP contribution in [0.15, 0.2) is 36.4 Å². The van der Waals surface area contributed by atoms with E-state index in [0.29, 0.717) is 17.3 Å². The summed E-state index contributed by atoms with van der Waals surface area (Å²) in [5, 5.41) is 4.94. The van der Waals surface area contributed by atoms with Gasteiger partial charge in [-0.15, -0.1) is 0 Å². The average molecular weight is 350 g/mol. The number of rotatable bonds is 7. The van der Waals surface area contributed by atoms with E-state index in [4.69, 9.17) is 21.1 Å². The number of esters is 1. The van der Waals surface area contributed by atoms with Crippen molar-refractivity contribution < 1.29 is 19.1 Å². The Morgan fingerprint density at radius 2 is 1.88 bits per heavy atom. The first-order valence-electron chi connectivity index (χ1n) is 7.80. The van der Waals surface area contributed by atoms with Crippen molar-refractivity contribution >= 4 is 34.2 Å². The maximum absolute atomic E-state index is 11.9. The zero-order valence-electron chi connectivity index (χ0n) is 13.7. The van der Waals surface area contributed by atoms with Gasteiger partial charge in [-0.3, -0.25) is 4.79 Å². The molecular weight excluding hydrogens is 330 g/mol. The van der Waals surface area contributed by atoms with Gasteiger partial charge in [0.15, 0.2) is 12.7 Å². The van der Waals surface area contributed by atoms with Gasteiger partial charge in [-0.25, -0.2) is 4.79 Å². The molecule has 0 aromatic heterocycles. The number of carbonyl (C=O) groups is 2. The van der Waals surface area contributed by atoms with E-state index in [0.717, 1.165) is 17.2 Å². The minimum absolute atomic E-state index is 0.281. The third-order valence-electron chi connectivity index (χ3n) is 3.40. The number of hydrogen-bond donors (Lipinski definition) is 1. The van der Waals surface area contributed by atoms with Crippen molar-refractivity contribution in [3.05, 3.63) is 41.4 Å². The fraction of sp³-hybridized carbons (Fsp3) is 0.333. The third kappa shape index (κ3) is 4.61. The highest BCUT2D eigenvalue weighted by atomic mass is 35.5. The molecule has 1 N–H and O–H groups in total. The molecule has 0 aliphatic carbocycles. The Kier molecular flexibility index (Phi) is 6.44. The second kappa shape index (κ2) is 8.55. The van der Waals surface area contributed by atoms with Crippen LogP contribution in [-0.4, -0.2) is 31.1 Å². The van der Waals surface area contributed by atoms with Gasteiger partial charge in [0.25, 0.3) is 5.91 Å². The molecule has 24 heavy (non-hydrogen) atoms. The Bertz CT molecular complexity index is 732. The fourth-order valence-electron chi connectivity index (χ4n) is 2.17. The van der Waals surface area contributed by atoms with Crippen LogP contribution < -0.4 is 10.1 Å². The van der Waals surface area contributed by atoms with E-state index in [2.05, 4.69) is 5.32 Å². The second-order valence-corrected chi connectivity index (χ2v) is 5.71. The monoisotopic (exact) mass is 349 g/mol. The SMILES string of the molecule is CCCNC(=O)[C@@H](C)OC(=O)COc1ccc(Cl)c2ccccc12. The van der Waals surface area contributed by atoms with Crippen LogP contribution in [0.2, 0.25) is 5.02 Å². The van der Waals surface area contributed by atoms with E-state index in [1.165, 1.54) is 6.92 Å². The van der Waals surface area contributed by atoms with Gasteiger partial charge in [0.05, 0.1) is 0 Å². The first kappa shape index (κ1) is 18.1. The van der Waals surface area contributed by atoms with Crippen molar-refractivity contribution in [3.8, 4) is 5.75 Å². The minimum Gasteiger partial charge on any atom is -0.481 e. The smallest absolute Gasteiger partial charge is 0.344 e. The molecule has 0 heterocycles. The van der Waals surface area contributed by atoms with Gasteiger partial charge in [-0.2, -0.15) is 0 Å². The van der Waals surface area contributed by atoms with Crippen LogP contribution in [0.5, 0.6) is 5.75 Å². The Morgan fingerprint density at radius 1 is 1.17 bits per heavy atom. The van der Waals surface area contributed by atoms with Crippen molar-refractivity contribution in [1.82, 2.24) is 5.32 Å². The Balaban J connectivity index is 1.95. The molecule has 6 heteroatoms. The summed E-state index contributed by atoms with van der Waals surface area (Å²) >= 11 is 6.15. The Hall–Kier alpha value is -2.27. The Labute approximate surface area is 145 Å². The molecule has 0 unspecified atom stereocenters. The zero-order chi connectivity index (χ0) is 17.5. The number of halogens is 1. The fourth-order valence-corrected chi connectivity index (χ4v) is 2.40. The molecule has 2 aromatic carbocycles.